The maximum Gasteiger partial charge on any atom is 0.134 e. The van der Waals surface area contributed by atoms with Crippen molar-refractivity contribution >= 4 is 22.7 Å². The summed E-state index contributed by atoms with van der Waals surface area (Å²) in [4.78, 5) is 0. The van der Waals surface area contributed by atoms with Gasteiger partial charge in [-0.3, -0.25) is 0 Å². The first kappa shape index (κ1) is 12.1. The molecular weight excluding hydrogens is 242 g/mol. The summed E-state index contributed by atoms with van der Waals surface area (Å²) in [6, 6.07) is 8.23. The van der Waals surface area contributed by atoms with Crippen molar-refractivity contribution in [1.82, 2.24) is 5.32 Å². The number of fused-ring (bicyclic) bond motifs is 1. The van der Waals surface area contributed by atoms with Crippen molar-refractivity contribution in [3.05, 3.63) is 36.1 Å². The van der Waals surface area contributed by atoms with Gasteiger partial charge in [-0.15, -0.1) is 0 Å². The van der Waals surface area contributed by atoms with Gasteiger partial charge >= 0.3 is 0 Å². The molecule has 0 atom stereocenters. The molecule has 1 saturated carbocycles. The summed E-state index contributed by atoms with van der Waals surface area (Å²) in [5.74, 6) is 0. The van der Waals surface area contributed by atoms with Crippen molar-refractivity contribution in [2.75, 3.05) is 12.8 Å². The minimum Gasteiger partial charge on any atom is -0.464 e. The van der Waals surface area contributed by atoms with Gasteiger partial charge in [0.1, 0.15) is 5.58 Å². The van der Waals surface area contributed by atoms with E-state index in [1.807, 2.05) is 30.2 Å². The van der Waals surface area contributed by atoms with Crippen LogP contribution in [0.5, 0.6) is 0 Å². The van der Waals surface area contributed by atoms with E-state index in [2.05, 4.69) is 23.7 Å². The first-order valence-electron chi connectivity index (χ1n) is 6.54. The van der Waals surface area contributed by atoms with Crippen LogP contribution in [0.2, 0.25) is 0 Å². The van der Waals surface area contributed by atoms with Crippen molar-refractivity contribution in [2.24, 2.45) is 0 Å². The van der Waals surface area contributed by atoms with E-state index in [0.717, 1.165) is 18.7 Å². The third kappa shape index (κ3) is 2.17. The molecule has 2 nitrogen and oxygen atoms in total. The lowest BCUT2D eigenvalue weighted by Crippen LogP contribution is -2.43. The van der Waals surface area contributed by atoms with Crippen LogP contribution < -0.4 is 5.32 Å². The summed E-state index contributed by atoms with van der Waals surface area (Å²) in [5, 5.41) is 4.83. The standard InChI is InChI=1S/C15H19NOS/c1-18-15(7-4-8-15)11-16-9-12-10-17-14-6-3-2-5-13(12)14/h2-3,5-6,10,16H,4,7-9,11H2,1H3. The molecule has 3 rings (SSSR count). The zero-order chi connectivity index (χ0) is 12.4. The van der Waals surface area contributed by atoms with Crippen LogP contribution >= 0.6 is 11.8 Å². The molecule has 96 valence electrons. The van der Waals surface area contributed by atoms with E-state index in [1.165, 1.54) is 30.2 Å². The van der Waals surface area contributed by atoms with Crippen molar-refractivity contribution in [2.45, 2.75) is 30.6 Å². The second-order valence-electron chi connectivity index (χ2n) is 5.10. The molecule has 0 saturated heterocycles. The van der Waals surface area contributed by atoms with E-state index in [1.54, 1.807) is 0 Å². The minimum atomic E-state index is 0.500. The van der Waals surface area contributed by atoms with Crippen LogP contribution in [0.3, 0.4) is 0 Å². The van der Waals surface area contributed by atoms with Crippen LogP contribution in [0.4, 0.5) is 0 Å². The summed E-state index contributed by atoms with van der Waals surface area (Å²) in [7, 11) is 0. The molecule has 2 aromatic rings. The summed E-state index contributed by atoms with van der Waals surface area (Å²) in [5.41, 5.74) is 2.25. The molecule has 1 fully saturated rings. The van der Waals surface area contributed by atoms with Gasteiger partial charge in [0.25, 0.3) is 0 Å². The van der Waals surface area contributed by atoms with Crippen LogP contribution in [-0.2, 0) is 6.54 Å². The van der Waals surface area contributed by atoms with Crippen molar-refractivity contribution in [1.29, 1.82) is 0 Å². The van der Waals surface area contributed by atoms with Crippen LogP contribution in [-0.4, -0.2) is 17.5 Å². The quantitative estimate of drug-likeness (QED) is 0.886. The third-order valence-corrected chi connectivity index (χ3v) is 5.44. The van der Waals surface area contributed by atoms with Gasteiger partial charge < -0.3 is 9.73 Å². The Labute approximate surface area is 112 Å². The number of benzene rings is 1. The lowest BCUT2D eigenvalue weighted by Gasteiger charge is -2.40. The molecule has 0 spiro atoms. The van der Waals surface area contributed by atoms with E-state index in [9.17, 15) is 0 Å². The molecule has 1 aromatic carbocycles. The lowest BCUT2D eigenvalue weighted by atomic mass is 9.84. The number of hydrogen-bond acceptors (Lipinski definition) is 3. The van der Waals surface area contributed by atoms with Gasteiger partial charge in [0.2, 0.25) is 0 Å². The molecule has 0 aliphatic heterocycles. The summed E-state index contributed by atoms with van der Waals surface area (Å²) < 4.78 is 6.05. The third-order valence-electron chi connectivity index (χ3n) is 4.02. The van der Waals surface area contributed by atoms with E-state index in [-0.39, 0.29) is 0 Å². The fourth-order valence-electron chi connectivity index (χ4n) is 2.62. The second kappa shape index (κ2) is 4.98. The van der Waals surface area contributed by atoms with Gasteiger partial charge in [-0.25, -0.2) is 0 Å². The maximum atomic E-state index is 5.55. The number of hydrogen-bond donors (Lipinski definition) is 1. The highest BCUT2D eigenvalue weighted by Gasteiger charge is 2.35. The summed E-state index contributed by atoms with van der Waals surface area (Å²) >= 11 is 2.01. The van der Waals surface area contributed by atoms with E-state index >= 15 is 0 Å². The molecule has 1 aliphatic rings. The van der Waals surface area contributed by atoms with E-state index < -0.39 is 0 Å². The number of nitrogens with one attached hydrogen (secondary N) is 1. The number of furan rings is 1. The van der Waals surface area contributed by atoms with Gasteiger partial charge in [-0.2, -0.15) is 11.8 Å². The number of thioether (sulfide) groups is 1. The highest BCUT2D eigenvalue weighted by atomic mass is 32.2. The fraction of sp³-hybridized carbons (Fsp3) is 0.467. The smallest absolute Gasteiger partial charge is 0.134 e. The Hall–Kier alpha value is -0.930. The molecule has 0 radical (unpaired) electrons. The SMILES string of the molecule is CSC1(CNCc2coc3ccccc23)CCC1. The molecular formula is C15H19NOS. The highest BCUT2D eigenvalue weighted by Crippen LogP contribution is 2.42. The van der Waals surface area contributed by atoms with Crippen LogP contribution in [0.25, 0.3) is 11.0 Å². The fourth-order valence-corrected chi connectivity index (χ4v) is 3.56. The Morgan fingerprint density at radius 3 is 2.89 bits per heavy atom. The van der Waals surface area contributed by atoms with Gasteiger partial charge in [0.15, 0.2) is 0 Å². The van der Waals surface area contributed by atoms with Gasteiger partial charge in [0.05, 0.1) is 6.26 Å². The zero-order valence-electron chi connectivity index (χ0n) is 10.7. The van der Waals surface area contributed by atoms with Gasteiger partial charge in [-0.05, 0) is 25.2 Å². The molecule has 18 heavy (non-hydrogen) atoms. The molecule has 0 bridgehead atoms. The molecule has 1 aliphatic carbocycles. The minimum absolute atomic E-state index is 0.500. The number of para-hydroxylation sites is 1. The first-order chi connectivity index (χ1) is 8.83. The first-order valence-corrected chi connectivity index (χ1v) is 7.76. The predicted molar refractivity (Wildman–Crippen MR) is 78.0 cm³/mol. The Morgan fingerprint density at radius 2 is 2.17 bits per heavy atom. The van der Waals surface area contributed by atoms with Gasteiger partial charge in [-0.1, -0.05) is 24.6 Å². The van der Waals surface area contributed by atoms with Gasteiger partial charge in [0, 0.05) is 28.8 Å². The van der Waals surface area contributed by atoms with Crippen LogP contribution in [0.15, 0.2) is 34.9 Å². The maximum absolute atomic E-state index is 5.55. The summed E-state index contributed by atoms with van der Waals surface area (Å²) in [6.45, 7) is 2.01. The number of rotatable bonds is 5. The monoisotopic (exact) mass is 261 g/mol. The topological polar surface area (TPSA) is 25.2 Å². The van der Waals surface area contributed by atoms with Crippen molar-refractivity contribution < 1.29 is 4.42 Å². The predicted octanol–water partition coefficient (Wildman–Crippen LogP) is 3.81. The second-order valence-corrected chi connectivity index (χ2v) is 6.38. The molecule has 1 N–H and O–H groups in total. The lowest BCUT2D eigenvalue weighted by molar-refractivity contribution is 0.345. The molecule has 1 heterocycles. The largest absolute Gasteiger partial charge is 0.464 e. The summed E-state index contributed by atoms with van der Waals surface area (Å²) in [6.07, 6.45) is 8.20. The zero-order valence-corrected chi connectivity index (χ0v) is 11.6. The van der Waals surface area contributed by atoms with Crippen molar-refractivity contribution in [3.63, 3.8) is 0 Å². The van der Waals surface area contributed by atoms with Crippen LogP contribution in [0, 0.1) is 0 Å². The Bertz CT molecular complexity index is 525. The van der Waals surface area contributed by atoms with Crippen LogP contribution in [0.1, 0.15) is 24.8 Å². The van der Waals surface area contributed by atoms with E-state index in [0.29, 0.717) is 4.75 Å². The average molecular weight is 261 g/mol. The van der Waals surface area contributed by atoms with E-state index in [4.69, 9.17) is 4.42 Å². The molecule has 3 heteroatoms. The van der Waals surface area contributed by atoms with Crippen molar-refractivity contribution in [3.8, 4) is 0 Å². The molecule has 1 aromatic heterocycles. The Balaban J connectivity index is 1.63. The normalized spacial score (nSPS) is 17.8. The average Bonchev–Trinajstić information content (AvgIpc) is 2.76. The Kier molecular flexibility index (Phi) is 3.35. The Morgan fingerprint density at radius 1 is 1.33 bits per heavy atom. The highest BCUT2D eigenvalue weighted by molar-refractivity contribution is 8.00. The molecule has 0 unspecified atom stereocenters. The molecule has 0 amide bonds.